The molecule has 0 spiro atoms. The van der Waals surface area contributed by atoms with Crippen molar-refractivity contribution in [1.29, 1.82) is 0 Å². The van der Waals surface area contributed by atoms with Gasteiger partial charge in [-0.15, -0.1) is 0 Å². The van der Waals surface area contributed by atoms with Crippen LogP contribution in [0.15, 0.2) is 29.3 Å². The monoisotopic (exact) mass is 181 g/mol. The van der Waals surface area contributed by atoms with E-state index >= 15 is 0 Å². The molecule has 72 valence electrons. The summed E-state index contributed by atoms with van der Waals surface area (Å²) in [5.41, 5.74) is 3.11. The smallest absolute Gasteiger partial charge is 0.117 e. The Morgan fingerprint density at radius 3 is 2.46 bits per heavy atom. The number of aromatic hydroxyl groups is 1. The van der Waals surface area contributed by atoms with Gasteiger partial charge in [-0.05, 0) is 25.3 Å². The maximum absolute atomic E-state index is 8.85. The molecule has 0 radical (unpaired) electrons. The Morgan fingerprint density at radius 1 is 1.54 bits per heavy atom. The largest absolute Gasteiger partial charge is 0.508 e. The number of nitrogens with one attached hydrogen (secondary N) is 1. The van der Waals surface area contributed by atoms with Gasteiger partial charge in [-0.2, -0.15) is 0 Å². The van der Waals surface area contributed by atoms with Gasteiger partial charge in [0.25, 0.3) is 0 Å². The van der Waals surface area contributed by atoms with Gasteiger partial charge in [-0.3, -0.25) is 5.84 Å². The zero-order valence-electron chi connectivity index (χ0n) is 7.86. The van der Waals surface area contributed by atoms with Gasteiger partial charge in [0, 0.05) is 13.1 Å². The number of nitrogens with two attached hydrogens (primary N) is 1. The summed E-state index contributed by atoms with van der Waals surface area (Å²) in [6.45, 7) is 1.89. The number of rotatable bonds is 1. The second-order valence-electron chi connectivity index (χ2n) is 2.21. The molecule has 1 aromatic rings. The Morgan fingerprint density at radius 2 is 2.15 bits per heavy atom. The molecule has 0 aliphatic carbocycles. The topological polar surface area (TPSA) is 70.6 Å². The highest BCUT2D eigenvalue weighted by Crippen LogP contribution is 2.13. The summed E-state index contributed by atoms with van der Waals surface area (Å²) in [6, 6.07) is 6.60. The number of nitrogen functional groups attached to an aromatic ring is 1. The fourth-order valence-electron chi connectivity index (χ4n) is 0.596. The van der Waals surface area contributed by atoms with Crippen molar-refractivity contribution in [1.82, 2.24) is 0 Å². The Balaban J connectivity index is 0.000000310. The molecule has 0 unspecified atom stereocenters. The molecule has 0 fully saturated rings. The van der Waals surface area contributed by atoms with Crippen LogP contribution in [-0.2, 0) is 0 Å². The number of aliphatic imine (C=N–C) groups is 1. The Kier molecular flexibility index (Phi) is 6.27. The summed E-state index contributed by atoms with van der Waals surface area (Å²) in [7, 11) is 1.75. The molecular formula is C9H15N3O. The summed E-state index contributed by atoms with van der Waals surface area (Å²) in [5, 5.41) is 8.85. The lowest BCUT2D eigenvalue weighted by molar-refractivity contribution is 0.475. The van der Waals surface area contributed by atoms with Crippen LogP contribution < -0.4 is 11.3 Å². The van der Waals surface area contributed by atoms with Crippen LogP contribution in [0.3, 0.4) is 0 Å². The summed E-state index contributed by atoms with van der Waals surface area (Å²) < 4.78 is 0. The minimum Gasteiger partial charge on any atom is -0.508 e. The first-order valence-electron chi connectivity index (χ1n) is 3.87. The van der Waals surface area contributed by atoms with Crippen LogP contribution in [0, 0.1) is 0 Å². The van der Waals surface area contributed by atoms with E-state index in [2.05, 4.69) is 10.4 Å². The summed E-state index contributed by atoms with van der Waals surface area (Å²) >= 11 is 0. The maximum Gasteiger partial charge on any atom is 0.117 e. The van der Waals surface area contributed by atoms with Crippen LogP contribution in [0.4, 0.5) is 5.69 Å². The summed E-state index contributed by atoms with van der Waals surface area (Å²) in [5.74, 6) is 5.27. The molecule has 0 atom stereocenters. The molecular weight excluding hydrogens is 166 g/mol. The molecule has 0 saturated heterocycles. The fraction of sp³-hybridized carbons (Fsp3) is 0.222. The van der Waals surface area contributed by atoms with Gasteiger partial charge in [-0.25, -0.2) is 0 Å². The quantitative estimate of drug-likeness (QED) is 0.348. The van der Waals surface area contributed by atoms with Crippen LogP contribution in [0.25, 0.3) is 0 Å². The molecule has 1 rings (SSSR count). The molecule has 0 aromatic heterocycles. The number of hydrogen-bond donors (Lipinski definition) is 3. The molecule has 4 heteroatoms. The zero-order valence-corrected chi connectivity index (χ0v) is 7.86. The third-order valence-corrected chi connectivity index (χ3v) is 1.27. The van der Waals surface area contributed by atoms with Crippen LogP contribution >= 0.6 is 0 Å². The number of hydrazine groups is 1. The standard InChI is InChI=1S/C6H8N2O.C3H7N/c7-8-5-2-1-3-6(9)4-5;1-3-4-2/h1-4,8-9H,7H2;3H,1-2H3. The zero-order chi connectivity index (χ0) is 10.1. The Hall–Kier alpha value is -1.55. The lowest BCUT2D eigenvalue weighted by Crippen LogP contribution is -2.05. The molecule has 0 heterocycles. The lowest BCUT2D eigenvalue weighted by Gasteiger charge is -1.97. The number of nitrogens with zero attached hydrogens (tertiary/aromatic N) is 1. The minimum absolute atomic E-state index is 0.213. The predicted octanol–water partition coefficient (Wildman–Crippen LogP) is 1.38. The second kappa shape index (κ2) is 7.12. The second-order valence-corrected chi connectivity index (χ2v) is 2.21. The van der Waals surface area contributed by atoms with Crippen molar-refractivity contribution in [2.75, 3.05) is 12.5 Å². The first kappa shape index (κ1) is 11.4. The van der Waals surface area contributed by atoms with Gasteiger partial charge in [0.15, 0.2) is 0 Å². The Bertz CT molecular complexity index is 257. The molecule has 13 heavy (non-hydrogen) atoms. The van der Waals surface area contributed by atoms with Gasteiger partial charge >= 0.3 is 0 Å². The highest BCUT2D eigenvalue weighted by Gasteiger charge is 1.87. The average Bonchev–Trinajstić information content (AvgIpc) is 2.18. The lowest BCUT2D eigenvalue weighted by atomic mass is 10.3. The maximum atomic E-state index is 8.85. The number of benzene rings is 1. The molecule has 1 aromatic carbocycles. The SMILES string of the molecule is CC=NC.NNc1cccc(O)c1. The first-order valence-corrected chi connectivity index (χ1v) is 3.87. The highest BCUT2D eigenvalue weighted by atomic mass is 16.3. The number of phenolic OH excluding ortho intramolecular Hbond substituents is 1. The van der Waals surface area contributed by atoms with E-state index in [-0.39, 0.29) is 5.75 Å². The molecule has 0 bridgehead atoms. The normalized spacial score (nSPS) is 9.15. The molecule has 4 nitrogen and oxygen atoms in total. The molecule has 0 amide bonds. The van der Waals surface area contributed by atoms with Crippen molar-refractivity contribution in [3.05, 3.63) is 24.3 Å². The van der Waals surface area contributed by atoms with Crippen molar-refractivity contribution >= 4 is 11.9 Å². The fourth-order valence-corrected chi connectivity index (χ4v) is 0.596. The molecule has 0 aliphatic rings. The van der Waals surface area contributed by atoms with Gasteiger partial charge in [0.1, 0.15) is 5.75 Å². The summed E-state index contributed by atoms with van der Waals surface area (Å²) in [4.78, 5) is 3.61. The van der Waals surface area contributed by atoms with Crippen LogP contribution in [0.2, 0.25) is 0 Å². The van der Waals surface area contributed by atoms with Crippen LogP contribution in [-0.4, -0.2) is 18.4 Å². The predicted molar refractivity (Wildman–Crippen MR) is 56.0 cm³/mol. The van der Waals surface area contributed by atoms with Crippen LogP contribution in [0.1, 0.15) is 6.92 Å². The molecule has 0 saturated carbocycles. The van der Waals surface area contributed by atoms with Crippen molar-refractivity contribution < 1.29 is 5.11 Å². The molecule has 0 aliphatic heterocycles. The van der Waals surface area contributed by atoms with E-state index in [1.807, 2.05) is 6.92 Å². The average molecular weight is 181 g/mol. The van der Waals surface area contributed by atoms with Crippen molar-refractivity contribution in [3.8, 4) is 5.75 Å². The van der Waals surface area contributed by atoms with Crippen molar-refractivity contribution in [3.63, 3.8) is 0 Å². The third kappa shape index (κ3) is 5.69. The van der Waals surface area contributed by atoms with Crippen molar-refractivity contribution in [2.45, 2.75) is 6.92 Å². The van der Waals surface area contributed by atoms with E-state index in [1.165, 1.54) is 0 Å². The van der Waals surface area contributed by atoms with E-state index in [0.717, 1.165) is 0 Å². The van der Waals surface area contributed by atoms with E-state index in [0.29, 0.717) is 5.69 Å². The third-order valence-electron chi connectivity index (χ3n) is 1.27. The summed E-state index contributed by atoms with van der Waals surface area (Å²) in [6.07, 6.45) is 1.75. The van der Waals surface area contributed by atoms with E-state index in [1.54, 1.807) is 37.5 Å². The minimum atomic E-state index is 0.213. The van der Waals surface area contributed by atoms with E-state index in [9.17, 15) is 0 Å². The van der Waals surface area contributed by atoms with Crippen molar-refractivity contribution in [2.24, 2.45) is 10.8 Å². The van der Waals surface area contributed by atoms with Gasteiger partial charge < -0.3 is 15.5 Å². The Labute approximate surface area is 78.1 Å². The van der Waals surface area contributed by atoms with Gasteiger partial charge in [0.2, 0.25) is 0 Å². The van der Waals surface area contributed by atoms with Gasteiger partial charge in [0.05, 0.1) is 5.69 Å². The number of hydrogen-bond acceptors (Lipinski definition) is 4. The highest BCUT2D eigenvalue weighted by molar-refractivity contribution is 5.52. The molecule has 4 N–H and O–H groups in total. The van der Waals surface area contributed by atoms with Gasteiger partial charge in [-0.1, -0.05) is 6.07 Å². The van der Waals surface area contributed by atoms with Crippen LogP contribution in [0.5, 0.6) is 5.75 Å². The van der Waals surface area contributed by atoms with E-state index < -0.39 is 0 Å². The van der Waals surface area contributed by atoms with E-state index in [4.69, 9.17) is 10.9 Å². The number of anilines is 1. The first-order chi connectivity index (χ1) is 6.24. The number of phenols is 1.